The van der Waals surface area contributed by atoms with Crippen LogP contribution in [0.4, 0.5) is 42.1 Å². The third-order valence-corrected chi connectivity index (χ3v) is 6.67. The Hall–Kier alpha value is -4.06. The first-order valence-corrected chi connectivity index (χ1v) is 12.1. The molecule has 0 bridgehead atoms. The topological polar surface area (TPSA) is 58.2 Å². The monoisotopic (exact) mass is 566 g/mol. The Bertz CT molecular complexity index is 1560. The zero-order valence-electron chi connectivity index (χ0n) is 19.8. The predicted octanol–water partition coefficient (Wildman–Crippen LogP) is 7.79. The van der Waals surface area contributed by atoms with E-state index in [1.54, 1.807) is 41.7 Å². The van der Waals surface area contributed by atoms with Crippen molar-refractivity contribution in [3.63, 3.8) is 0 Å². The molecule has 0 saturated heterocycles. The van der Waals surface area contributed by atoms with E-state index in [9.17, 15) is 40.3 Å². The Morgan fingerprint density at radius 2 is 1.41 bits per heavy atom. The average Bonchev–Trinajstić information content (AvgIpc) is 2.89. The highest BCUT2D eigenvalue weighted by Crippen LogP contribution is 2.38. The Balaban J connectivity index is 1.46. The number of nitrogens with one attached hydrogen (secondary N) is 2. The second-order valence-electron chi connectivity index (χ2n) is 8.30. The van der Waals surface area contributed by atoms with E-state index < -0.39 is 57.8 Å². The van der Waals surface area contributed by atoms with Gasteiger partial charge < -0.3 is 10.6 Å². The van der Waals surface area contributed by atoms with Gasteiger partial charge in [-0.3, -0.25) is 9.59 Å². The number of halogens is 7. The van der Waals surface area contributed by atoms with Crippen LogP contribution in [0.5, 0.6) is 0 Å². The molecular formula is C27H17F7N2O2S. The lowest BCUT2D eigenvalue weighted by Crippen LogP contribution is -2.25. The lowest BCUT2D eigenvalue weighted by atomic mass is 10.1. The molecule has 4 aromatic carbocycles. The summed E-state index contributed by atoms with van der Waals surface area (Å²) < 4.78 is 94.3. The number of carbonyl (C=O) groups is 2. The molecule has 0 aromatic heterocycles. The van der Waals surface area contributed by atoms with E-state index in [0.717, 1.165) is 22.5 Å². The van der Waals surface area contributed by atoms with Gasteiger partial charge in [-0.25, -0.2) is 17.6 Å². The van der Waals surface area contributed by atoms with Crippen molar-refractivity contribution in [1.82, 2.24) is 0 Å². The number of rotatable bonds is 6. The summed E-state index contributed by atoms with van der Waals surface area (Å²) in [5, 5.41) is 5.05. The highest BCUT2D eigenvalue weighted by molar-refractivity contribution is 8.00. The van der Waals surface area contributed by atoms with Crippen molar-refractivity contribution in [2.75, 3.05) is 10.6 Å². The van der Waals surface area contributed by atoms with Gasteiger partial charge in [-0.05, 0) is 48.0 Å². The van der Waals surface area contributed by atoms with Crippen molar-refractivity contribution in [3.8, 4) is 0 Å². The molecule has 39 heavy (non-hydrogen) atoms. The molecule has 0 aliphatic heterocycles. The van der Waals surface area contributed by atoms with Crippen LogP contribution in [0.25, 0.3) is 10.8 Å². The van der Waals surface area contributed by atoms with Gasteiger partial charge in [-0.15, -0.1) is 11.8 Å². The summed E-state index contributed by atoms with van der Waals surface area (Å²) in [6.45, 7) is 1.30. The van der Waals surface area contributed by atoms with Crippen LogP contribution in [0.15, 0.2) is 71.6 Å². The van der Waals surface area contributed by atoms with Crippen LogP contribution in [-0.2, 0) is 11.0 Å². The van der Waals surface area contributed by atoms with Crippen LogP contribution in [0, 0.1) is 23.3 Å². The van der Waals surface area contributed by atoms with Crippen molar-refractivity contribution < 1.29 is 40.3 Å². The van der Waals surface area contributed by atoms with Gasteiger partial charge in [0.15, 0.2) is 23.3 Å². The van der Waals surface area contributed by atoms with Crippen LogP contribution in [0.3, 0.4) is 0 Å². The SMILES string of the molecule is CC(Sc1cccc(NC(=O)c2ccc3ccccc3c2)c1)C(=O)Nc1c(F)c(F)c(C(F)(F)F)c(F)c1F. The summed E-state index contributed by atoms with van der Waals surface area (Å²) in [7, 11) is 0. The van der Waals surface area contributed by atoms with Gasteiger partial charge in [-0.1, -0.05) is 36.4 Å². The van der Waals surface area contributed by atoms with Crippen molar-refractivity contribution in [1.29, 1.82) is 0 Å². The average molecular weight is 566 g/mol. The maximum absolute atomic E-state index is 14.1. The Labute approximate surface area is 221 Å². The minimum absolute atomic E-state index is 0.370. The van der Waals surface area contributed by atoms with Crippen molar-refractivity contribution in [2.45, 2.75) is 23.2 Å². The molecule has 0 spiro atoms. The Morgan fingerprint density at radius 3 is 2.05 bits per heavy atom. The molecule has 0 fully saturated rings. The molecule has 4 aromatic rings. The van der Waals surface area contributed by atoms with Crippen molar-refractivity contribution in [3.05, 3.63) is 101 Å². The third-order valence-electron chi connectivity index (χ3n) is 5.58. The fourth-order valence-electron chi connectivity index (χ4n) is 3.65. The highest BCUT2D eigenvalue weighted by atomic mass is 32.2. The normalized spacial score (nSPS) is 12.3. The molecule has 12 heteroatoms. The van der Waals surface area contributed by atoms with Gasteiger partial charge in [0.25, 0.3) is 5.91 Å². The molecule has 4 nitrogen and oxygen atoms in total. The van der Waals surface area contributed by atoms with Crippen molar-refractivity contribution in [2.24, 2.45) is 0 Å². The summed E-state index contributed by atoms with van der Waals surface area (Å²) >= 11 is 0.862. The second kappa shape index (κ2) is 11.0. The van der Waals surface area contributed by atoms with E-state index in [0.29, 0.717) is 16.1 Å². The third kappa shape index (κ3) is 6.00. The zero-order valence-corrected chi connectivity index (χ0v) is 20.6. The number of fused-ring (bicyclic) bond motifs is 1. The number of thioether (sulfide) groups is 1. The van der Waals surface area contributed by atoms with E-state index in [1.165, 1.54) is 13.0 Å². The number of benzene rings is 4. The lowest BCUT2D eigenvalue weighted by molar-refractivity contribution is -0.143. The Morgan fingerprint density at radius 1 is 0.769 bits per heavy atom. The van der Waals surface area contributed by atoms with Crippen LogP contribution in [-0.4, -0.2) is 17.1 Å². The summed E-state index contributed by atoms with van der Waals surface area (Å²) in [6, 6.07) is 18.9. The van der Waals surface area contributed by atoms with Gasteiger partial charge in [0.1, 0.15) is 11.3 Å². The fraction of sp³-hybridized carbons (Fsp3) is 0.111. The first kappa shape index (κ1) is 28.0. The second-order valence-corrected chi connectivity index (χ2v) is 9.71. The van der Waals surface area contributed by atoms with E-state index in [-0.39, 0.29) is 0 Å². The maximum Gasteiger partial charge on any atom is 0.422 e. The standard InChI is InChI=1S/C27H17F7N2O2S/c1-13(25(37)36-24-22(30)20(28)19(27(32,33)34)21(29)23(24)31)39-18-8-4-7-17(12-18)35-26(38)16-10-9-14-5-2-3-6-15(14)11-16/h2-13H,1H3,(H,35,38)(H,36,37). The number of alkyl halides is 3. The summed E-state index contributed by atoms with van der Waals surface area (Å²) in [6.07, 6.45) is -5.70. The molecule has 0 aliphatic carbocycles. The first-order valence-electron chi connectivity index (χ1n) is 11.2. The fourth-order valence-corrected chi connectivity index (χ4v) is 4.58. The molecule has 0 heterocycles. The van der Waals surface area contributed by atoms with E-state index in [2.05, 4.69) is 5.32 Å². The molecular weight excluding hydrogens is 549 g/mol. The molecule has 2 amide bonds. The summed E-state index contributed by atoms with van der Waals surface area (Å²) in [5.41, 5.74) is -3.64. The summed E-state index contributed by atoms with van der Waals surface area (Å²) in [4.78, 5) is 25.6. The maximum atomic E-state index is 14.1. The lowest BCUT2D eigenvalue weighted by Gasteiger charge is -2.16. The van der Waals surface area contributed by atoms with Crippen LogP contribution < -0.4 is 10.6 Å². The Kier molecular flexibility index (Phi) is 7.86. The predicted molar refractivity (Wildman–Crippen MR) is 134 cm³/mol. The first-order chi connectivity index (χ1) is 18.4. The van der Waals surface area contributed by atoms with E-state index in [4.69, 9.17) is 0 Å². The molecule has 0 radical (unpaired) electrons. The quantitative estimate of drug-likeness (QED) is 0.142. The number of amides is 2. The highest BCUT2D eigenvalue weighted by Gasteiger charge is 2.42. The minimum atomic E-state index is -5.70. The van der Waals surface area contributed by atoms with E-state index in [1.807, 2.05) is 24.3 Å². The minimum Gasteiger partial charge on any atom is -0.322 e. The largest absolute Gasteiger partial charge is 0.422 e. The van der Waals surface area contributed by atoms with Gasteiger partial charge in [0.2, 0.25) is 5.91 Å². The zero-order chi connectivity index (χ0) is 28.5. The molecule has 1 unspecified atom stereocenters. The molecule has 1 atom stereocenters. The van der Waals surface area contributed by atoms with Crippen LogP contribution >= 0.6 is 11.8 Å². The number of hydrogen-bond acceptors (Lipinski definition) is 3. The molecule has 4 rings (SSSR count). The van der Waals surface area contributed by atoms with Crippen LogP contribution in [0.1, 0.15) is 22.8 Å². The summed E-state index contributed by atoms with van der Waals surface area (Å²) in [5.74, 6) is -11.7. The molecule has 0 aliphatic rings. The number of hydrogen-bond donors (Lipinski definition) is 2. The number of carbonyl (C=O) groups excluding carboxylic acids is 2. The number of anilines is 2. The molecule has 2 N–H and O–H groups in total. The van der Waals surface area contributed by atoms with Gasteiger partial charge in [0.05, 0.1) is 5.25 Å². The van der Waals surface area contributed by atoms with Crippen molar-refractivity contribution >= 4 is 45.7 Å². The van der Waals surface area contributed by atoms with E-state index >= 15 is 0 Å². The van der Waals surface area contributed by atoms with Crippen LogP contribution in [0.2, 0.25) is 0 Å². The molecule has 0 saturated carbocycles. The van der Waals surface area contributed by atoms with Gasteiger partial charge in [-0.2, -0.15) is 13.2 Å². The van der Waals surface area contributed by atoms with Gasteiger partial charge >= 0.3 is 6.18 Å². The smallest absolute Gasteiger partial charge is 0.322 e. The van der Waals surface area contributed by atoms with Gasteiger partial charge in [0, 0.05) is 16.1 Å². The molecule has 202 valence electrons.